The van der Waals surface area contributed by atoms with E-state index in [0.717, 1.165) is 62.0 Å². The molecule has 0 amide bonds. The molecule has 0 aromatic heterocycles. The van der Waals surface area contributed by atoms with Gasteiger partial charge in [0, 0.05) is 10.7 Å². The monoisotopic (exact) mass is 790 g/mol. The first-order valence-electron chi connectivity index (χ1n) is 17.8. The number of unbranched alkanes of at least 4 members (excludes halogenated alkanes) is 16. The lowest BCUT2D eigenvalue weighted by Gasteiger charge is -2.13. The van der Waals surface area contributed by atoms with Gasteiger partial charge in [0.15, 0.2) is 0 Å². The van der Waals surface area contributed by atoms with E-state index < -0.39 is 18.5 Å². The Balaban J connectivity index is -0.000000719. The Labute approximate surface area is 297 Å². The number of ether oxygens (including phenoxy) is 4. The predicted molar refractivity (Wildman–Crippen MR) is 195 cm³/mol. The van der Waals surface area contributed by atoms with Crippen LogP contribution in [0, 0.1) is 0 Å². The maximum atomic E-state index is 11.5. The quantitative estimate of drug-likeness (QED) is 0.0452. The van der Waals surface area contributed by atoms with E-state index in [2.05, 4.69) is 45.7 Å². The van der Waals surface area contributed by atoms with Crippen molar-refractivity contribution in [3.05, 3.63) is 0 Å². The van der Waals surface area contributed by atoms with Gasteiger partial charge in [-0.05, 0) is 65.2 Å². The molecule has 0 spiro atoms. The number of halogens is 2. The van der Waals surface area contributed by atoms with Gasteiger partial charge < -0.3 is 29.2 Å². The molecule has 0 heterocycles. The van der Waals surface area contributed by atoms with Crippen molar-refractivity contribution in [3.63, 3.8) is 0 Å². The average molecular weight is 793 g/mol. The second kappa shape index (κ2) is 41.8. The van der Waals surface area contributed by atoms with E-state index in [1.54, 1.807) is 0 Å². The van der Waals surface area contributed by atoms with Crippen LogP contribution in [0.15, 0.2) is 0 Å². The summed E-state index contributed by atoms with van der Waals surface area (Å²) >= 11 is 6.80. The van der Waals surface area contributed by atoms with Crippen LogP contribution in [0.25, 0.3) is 0 Å². The highest BCUT2D eigenvalue weighted by Crippen LogP contribution is 2.12. The fourth-order valence-corrected chi connectivity index (χ4v) is 5.14. The first-order chi connectivity index (χ1) is 22.1. The second-order valence-electron chi connectivity index (χ2n) is 11.7. The van der Waals surface area contributed by atoms with Crippen LogP contribution in [0.3, 0.4) is 0 Å². The summed E-state index contributed by atoms with van der Waals surface area (Å²) in [5.74, 6) is 0. The molecule has 11 heteroatoms. The van der Waals surface area contributed by atoms with E-state index in [1.165, 1.54) is 89.9 Å². The molecule has 0 fully saturated rings. The normalized spacial score (nSPS) is 11.6. The molecule has 0 aromatic rings. The number of rotatable bonds is 28. The first kappa shape index (κ1) is 49.2. The van der Waals surface area contributed by atoms with Crippen molar-refractivity contribution >= 4 is 50.3 Å². The summed E-state index contributed by atoms with van der Waals surface area (Å²) in [5, 5.41) is 16.0. The largest absolute Gasteiger partial charge is 0.508 e. The Kier molecular flexibility index (Phi) is 44.7. The minimum atomic E-state index is -1.83. The summed E-state index contributed by atoms with van der Waals surface area (Å²) in [4.78, 5) is 31.5. The Morgan fingerprint density at radius 1 is 0.500 bits per heavy atom. The second-order valence-corrected chi connectivity index (χ2v) is 13.2. The fraction of sp³-hybridized carbons (Fsp3) is 0.914. The van der Waals surface area contributed by atoms with Gasteiger partial charge in [0.25, 0.3) is 0 Å². The van der Waals surface area contributed by atoms with Gasteiger partial charge in [-0.2, -0.15) is 0 Å². The molecule has 0 aliphatic rings. The van der Waals surface area contributed by atoms with Gasteiger partial charge in [-0.3, -0.25) is 0 Å². The zero-order valence-electron chi connectivity index (χ0n) is 29.5. The Bertz CT molecular complexity index is 602. The molecule has 2 unspecified atom stereocenters. The molecule has 0 saturated heterocycles. The zero-order valence-corrected chi connectivity index (χ0v) is 32.7. The molecule has 0 aliphatic carbocycles. The van der Waals surface area contributed by atoms with Crippen molar-refractivity contribution in [2.75, 3.05) is 23.9 Å². The molecule has 0 radical (unpaired) electrons. The molecule has 46 heavy (non-hydrogen) atoms. The van der Waals surface area contributed by atoms with Gasteiger partial charge in [-0.1, -0.05) is 136 Å². The van der Waals surface area contributed by atoms with E-state index in [-0.39, 0.29) is 12.2 Å². The van der Waals surface area contributed by atoms with E-state index in [4.69, 9.17) is 34.0 Å². The smallest absolute Gasteiger partial charge is 0.450 e. The lowest BCUT2D eigenvalue weighted by atomic mass is 10.1. The van der Waals surface area contributed by atoms with E-state index in [9.17, 15) is 9.59 Å². The zero-order chi connectivity index (χ0) is 35.1. The van der Waals surface area contributed by atoms with Crippen molar-refractivity contribution in [1.29, 1.82) is 0 Å². The van der Waals surface area contributed by atoms with Crippen LogP contribution in [0.1, 0.15) is 169 Å². The SMILES string of the molecule is CCCCCCCCC(C)OC(=O)OCCCCCCBr.CCCCCCCCC(C)OC(=O)OCCCCCCBr.O=C(O)O. The number of carbonyl (C=O) groups excluding carboxylic acids is 2. The maximum absolute atomic E-state index is 11.5. The number of hydrogen-bond acceptors (Lipinski definition) is 7. The lowest BCUT2D eigenvalue weighted by molar-refractivity contribution is 0.0241. The highest BCUT2D eigenvalue weighted by Gasteiger charge is 2.11. The van der Waals surface area contributed by atoms with Crippen molar-refractivity contribution < 1.29 is 43.5 Å². The molecular formula is C35H68Br2O9. The van der Waals surface area contributed by atoms with Gasteiger partial charge in [0.05, 0.1) is 13.2 Å². The van der Waals surface area contributed by atoms with Crippen LogP contribution in [0.4, 0.5) is 14.4 Å². The van der Waals surface area contributed by atoms with Crippen molar-refractivity contribution in [1.82, 2.24) is 0 Å². The Morgan fingerprint density at radius 2 is 0.783 bits per heavy atom. The van der Waals surface area contributed by atoms with Crippen LogP contribution in [0.2, 0.25) is 0 Å². The molecule has 0 aromatic carbocycles. The third-order valence-electron chi connectivity index (χ3n) is 7.02. The molecule has 0 saturated carbocycles. The summed E-state index contributed by atoms with van der Waals surface area (Å²) in [7, 11) is 0. The molecule has 276 valence electrons. The van der Waals surface area contributed by atoms with Crippen molar-refractivity contribution in [2.24, 2.45) is 0 Å². The van der Waals surface area contributed by atoms with Gasteiger partial charge in [-0.15, -0.1) is 0 Å². The van der Waals surface area contributed by atoms with Crippen LogP contribution in [0.5, 0.6) is 0 Å². The molecule has 0 bridgehead atoms. The minimum Gasteiger partial charge on any atom is -0.450 e. The molecule has 9 nitrogen and oxygen atoms in total. The van der Waals surface area contributed by atoms with Crippen LogP contribution < -0.4 is 0 Å². The van der Waals surface area contributed by atoms with E-state index in [0.29, 0.717) is 13.2 Å². The maximum Gasteiger partial charge on any atom is 0.508 e. The number of hydrogen-bond donors (Lipinski definition) is 2. The molecule has 2 N–H and O–H groups in total. The van der Waals surface area contributed by atoms with Gasteiger partial charge in [0.1, 0.15) is 12.2 Å². The highest BCUT2D eigenvalue weighted by molar-refractivity contribution is 9.09. The number of alkyl halides is 2. The summed E-state index contributed by atoms with van der Waals surface area (Å²) in [6, 6.07) is 0. The summed E-state index contributed by atoms with van der Waals surface area (Å²) in [6.07, 6.45) is 22.9. The van der Waals surface area contributed by atoms with Crippen molar-refractivity contribution in [3.8, 4) is 0 Å². The molecule has 0 rings (SSSR count). The van der Waals surface area contributed by atoms with E-state index >= 15 is 0 Å². The number of carboxylic acid groups (broad SMARTS) is 2. The third-order valence-corrected chi connectivity index (χ3v) is 8.14. The molecule has 2 atom stereocenters. The van der Waals surface area contributed by atoms with Gasteiger partial charge in [-0.25, -0.2) is 14.4 Å². The Morgan fingerprint density at radius 3 is 1.11 bits per heavy atom. The predicted octanol–water partition coefficient (Wildman–Crippen LogP) is 12.7. The third kappa shape index (κ3) is 49.6. The van der Waals surface area contributed by atoms with Crippen LogP contribution in [-0.4, -0.2) is 64.8 Å². The average Bonchev–Trinajstić information content (AvgIpc) is 3.00. The van der Waals surface area contributed by atoms with Crippen molar-refractivity contribution in [2.45, 2.75) is 181 Å². The minimum absolute atomic E-state index is 0.0305. The summed E-state index contributed by atoms with van der Waals surface area (Å²) in [6.45, 7) is 9.30. The van der Waals surface area contributed by atoms with Gasteiger partial charge >= 0.3 is 18.5 Å². The fourth-order valence-electron chi connectivity index (χ4n) is 4.35. The summed E-state index contributed by atoms with van der Waals surface area (Å²) in [5.41, 5.74) is 0. The topological polar surface area (TPSA) is 129 Å². The van der Waals surface area contributed by atoms with Crippen LogP contribution in [-0.2, 0) is 18.9 Å². The summed E-state index contributed by atoms with van der Waals surface area (Å²) < 4.78 is 20.6. The first-order valence-corrected chi connectivity index (χ1v) is 20.1. The standard InChI is InChI=1S/2C17H33BrO3.CH2O3/c2*1-3-4-5-6-7-10-13-16(2)21-17(19)20-15-12-9-8-11-14-18;2-1(3)4/h2*16H,3-15H2,1-2H3;(H2,2,3,4). The van der Waals surface area contributed by atoms with Crippen LogP contribution >= 0.6 is 31.9 Å². The Hall–Kier alpha value is -1.23. The van der Waals surface area contributed by atoms with Gasteiger partial charge in [0.2, 0.25) is 0 Å². The van der Waals surface area contributed by atoms with E-state index in [1.807, 2.05) is 13.8 Å². The number of carbonyl (C=O) groups is 3. The molecule has 0 aliphatic heterocycles. The highest BCUT2D eigenvalue weighted by atomic mass is 79.9. The molecular weight excluding hydrogens is 724 g/mol. The lowest BCUT2D eigenvalue weighted by Crippen LogP contribution is -2.16.